The average molecular weight is 261 g/mol. The van der Waals surface area contributed by atoms with Crippen LogP contribution in [0.5, 0.6) is 0 Å². The summed E-state index contributed by atoms with van der Waals surface area (Å²) in [6, 6.07) is 9.60. The number of nitrogens with one attached hydrogen (secondary N) is 1. The number of benzene rings is 1. The summed E-state index contributed by atoms with van der Waals surface area (Å²) in [7, 11) is 0. The van der Waals surface area contributed by atoms with E-state index >= 15 is 0 Å². The van der Waals surface area contributed by atoms with Gasteiger partial charge in [-0.05, 0) is 18.4 Å². The maximum atomic E-state index is 11.8. The van der Waals surface area contributed by atoms with E-state index in [1.165, 1.54) is 0 Å². The van der Waals surface area contributed by atoms with E-state index in [1.807, 2.05) is 37.3 Å². The fourth-order valence-electron chi connectivity index (χ4n) is 2.20. The third kappa shape index (κ3) is 3.34. The van der Waals surface area contributed by atoms with Gasteiger partial charge in [-0.2, -0.15) is 0 Å². The van der Waals surface area contributed by atoms with Crippen molar-refractivity contribution in [3.8, 4) is 0 Å². The fraction of sp³-hybridized carbons (Fsp3) is 0.467. The third-order valence-corrected chi connectivity index (χ3v) is 3.33. The molecule has 1 aromatic rings. The standard InChI is InChI=1S/C15H19NO3/c1-2-3-9-19-15(18)12-10-13(16-14(12)17)11-7-5-4-6-8-11/h4-8,12-13H,2-3,9-10H2,1H3,(H,16,17). The molecule has 2 rings (SSSR count). The zero-order valence-corrected chi connectivity index (χ0v) is 11.1. The van der Waals surface area contributed by atoms with Gasteiger partial charge in [0, 0.05) is 0 Å². The normalized spacial score (nSPS) is 22.1. The monoisotopic (exact) mass is 261 g/mol. The molecule has 2 atom stereocenters. The van der Waals surface area contributed by atoms with Gasteiger partial charge in [0.25, 0.3) is 0 Å². The quantitative estimate of drug-likeness (QED) is 0.502. The second-order valence-electron chi connectivity index (χ2n) is 4.78. The van der Waals surface area contributed by atoms with Crippen molar-refractivity contribution >= 4 is 11.9 Å². The van der Waals surface area contributed by atoms with Crippen LogP contribution in [0.15, 0.2) is 30.3 Å². The van der Waals surface area contributed by atoms with Crippen molar-refractivity contribution in [1.82, 2.24) is 5.32 Å². The number of esters is 1. The van der Waals surface area contributed by atoms with Gasteiger partial charge in [-0.3, -0.25) is 9.59 Å². The molecule has 0 spiro atoms. The van der Waals surface area contributed by atoms with Crippen LogP contribution in [0.1, 0.15) is 37.8 Å². The first-order valence-corrected chi connectivity index (χ1v) is 6.74. The Morgan fingerprint density at radius 3 is 2.79 bits per heavy atom. The summed E-state index contributed by atoms with van der Waals surface area (Å²) in [5.74, 6) is -1.29. The summed E-state index contributed by atoms with van der Waals surface area (Å²) in [4.78, 5) is 23.6. The molecule has 0 radical (unpaired) electrons. The first-order valence-electron chi connectivity index (χ1n) is 6.74. The van der Waals surface area contributed by atoms with Gasteiger partial charge in [-0.1, -0.05) is 43.7 Å². The van der Waals surface area contributed by atoms with Gasteiger partial charge < -0.3 is 10.1 Å². The van der Waals surface area contributed by atoms with Crippen LogP contribution >= 0.6 is 0 Å². The van der Waals surface area contributed by atoms with Gasteiger partial charge in [-0.25, -0.2) is 0 Å². The van der Waals surface area contributed by atoms with Crippen molar-refractivity contribution in [2.45, 2.75) is 32.2 Å². The number of hydrogen-bond donors (Lipinski definition) is 1. The van der Waals surface area contributed by atoms with E-state index < -0.39 is 11.9 Å². The van der Waals surface area contributed by atoms with Crippen molar-refractivity contribution in [3.63, 3.8) is 0 Å². The summed E-state index contributed by atoms with van der Waals surface area (Å²) < 4.78 is 5.12. The Morgan fingerprint density at radius 2 is 2.11 bits per heavy atom. The molecule has 0 aromatic heterocycles. The van der Waals surface area contributed by atoms with Crippen molar-refractivity contribution in [1.29, 1.82) is 0 Å². The molecule has 4 nitrogen and oxygen atoms in total. The topological polar surface area (TPSA) is 55.4 Å². The molecule has 0 bridgehead atoms. The minimum absolute atomic E-state index is 0.0857. The molecule has 1 heterocycles. The van der Waals surface area contributed by atoms with Crippen LogP contribution in [0.2, 0.25) is 0 Å². The molecule has 4 heteroatoms. The second kappa shape index (κ2) is 6.36. The molecule has 102 valence electrons. The zero-order chi connectivity index (χ0) is 13.7. The van der Waals surface area contributed by atoms with E-state index in [4.69, 9.17) is 4.74 Å². The van der Waals surface area contributed by atoms with E-state index in [0.29, 0.717) is 13.0 Å². The Morgan fingerprint density at radius 1 is 1.37 bits per heavy atom. The van der Waals surface area contributed by atoms with Crippen molar-refractivity contribution in [3.05, 3.63) is 35.9 Å². The predicted molar refractivity (Wildman–Crippen MR) is 71.3 cm³/mol. The Labute approximate surface area is 113 Å². The van der Waals surface area contributed by atoms with Gasteiger partial charge in [0.2, 0.25) is 5.91 Å². The highest BCUT2D eigenvalue weighted by atomic mass is 16.5. The summed E-state index contributed by atoms with van der Waals surface area (Å²) in [5.41, 5.74) is 1.03. The average Bonchev–Trinajstić information content (AvgIpc) is 2.82. The Balaban J connectivity index is 1.94. The highest BCUT2D eigenvalue weighted by Crippen LogP contribution is 2.28. The summed E-state index contributed by atoms with van der Waals surface area (Å²) in [6.45, 7) is 2.43. The second-order valence-corrected chi connectivity index (χ2v) is 4.78. The lowest BCUT2D eigenvalue weighted by Gasteiger charge is -2.09. The van der Waals surface area contributed by atoms with E-state index in [9.17, 15) is 9.59 Å². The maximum absolute atomic E-state index is 11.8. The number of hydrogen-bond acceptors (Lipinski definition) is 3. The molecule has 19 heavy (non-hydrogen) atoms. The molecule has 1 aliphatic rings. The van der Waals surface area contributed by atoms with Crippen LogP contribution in [0.4, 0.5) is 0 Å². The lowest BCUT2D eigenvalue weighted by atomic mass is 10.00. The molecule has 1 saturated heterocycles. The largest absolute Gasteiger partial charge is 0.465 e. The molecule has 1 N–H and O–H groups in total. The van der Waals surface area contributed by atoms with Crippen LogP contribution < -0.4 is 5.32 Å². The van der Waals surface area contributed by atoms with Crippen molar-refractivity contribution in [2.24, 2.45) is 5.92 Å². The van der Waals surface area contributed by atoms with Gasteiger partial charge in [0.1, 0.15) is 5.92 Å². The summed E-state index contributed by atoms with van der Waals surface area (Å²) >= 11 is 0. The molecule has 1 fully saturated rings. The fourth-order valence-corrected chi connectivity index (χ4v) is 2.20. The number of amides is 1. The van der Waals surface area contributed by atoms with Crippen LogP contribution in [-0.2, 0) is 14.3 Å². The first kappa shape index (κ1) is 13.6. The summed E-state index contributed by atoms with van der Waals surface area (Å²) in [5, 5.41) is 2.85. The molecular weight excluding hydrogens is 242 g/mol. The Bertz CT molecular complexity index is 444. The van der Waals surface area contributed by atoms with E-state index in [2.05, 4.69) is 5.32 Å². The van der Waals surface area contributed by atoms with Gasteiger partial charge >= 0.3 is 5.97 Å². The van der Waals surface area contributed by atoms with Crippen LogP contribution in [0.3, 0.4) is 0 Å². The van der Waals surface area contributed by atoms with Gasteiger partial charge in [0.05, 0.1) is 12.6 Å². The highest BCUT2D eigenvalue weighted by Gasteiger charge is 2.38. The lowest BCUT2D eigenvalue weighted by Crippen LogP contribution is -2.27. The Hall–Kier alpha value is -1.84. The van der Waals surface area contributed by atoms with Crippen LogP contribution in [0, 0.1) is 5.92 Å². The van der Waals surface area contributed by atoms with Crippen molar-refractivity contribution in [2.75, 3.05) is 6.61 Å². The van der Waals surface area contributed by atoms with E-state index in [1.54, 1.807) is 0 Å². The molecule has 1 aliphatic heterocycles. The summed E-state index contributed by atoms with van der Waals surface area (Å²) in [6.07, 6.45) is 2.28. The highest BCUT2D eigenvalue weighted by molar-refractivity contribution is 5.99. The van der Waals surface area contributed by atoms with E-state index in [0.717, 1.165) is 18.4 Å². The molecule has 2 unspecified atom stereocenters. The van der Waals surface area contributed by atoms with Gasteiger partial charge in [0.15, 0.2) is 0 Å². The van der Waals surface area contributed by atoms with Crippen LogP contribution in [-0.4, -0.2) is 18.5 Å². The maximum Gasteiger partial charge on any atom is 0.318 e. The Kier molecular flexibility index (Phi) is 4.55. The molecule has 1 aromatic carbocycles. The van der Waals surface area contributed by atoms with Crippen molar-refractivity contribution < 1.29 is 14.3 Å². The first-order chi connectivity index (χ1) is 9.22. The van der Waals surface area contributed by atoms with Gasteiger partial charge in [-0.15, -0.1) is 0 Å². The lowest BCUT2D eigenvalue weighted by molar-refractivity contribution is -0.151. The third-order valence-electron chi connectivity index (χ3n) is 3.33. The molecule has 0 aliphatic carbocycles. The minimum atomic E-state index is -0.665. The smallest absolute Gasteiger partial charge is 0.318 e. The molecular formula is C15H19NO3. The number of rotatable bonds is 5. The van der Waals surface area contributed by atoms with E-state index in [-0.39, 0.29) is 11.9 Å². The minimum Gasteiger partial charge on any atom is -0.465 e. The SMILES string of the molecule is CCCCOC(=O)C1CC(c2ccccc2)NC1=O. The number of carbonyl (C=O) groups excluding carboxylic acids is 2. The molecule has 0 saturated carbocycles. The predicted octanol–water partition coefficient (Wildman–Crippen LogP) is 2.21. The number of ether oxygens (including phenoxy) is 1. The number of carbonyl (C=O) groups is 2. The molecule has 1 amide bonds. The zero-order valence-electron chi connectivity index (χ0n) is 11.1. The number of unbranched alkanes of at least 4 members (excludes halogenated alkanes) is 1. The van der Waals surface area contributed by atoms with Crippen LogP contribution in [0.25, 0.3) is 0 Å².